The van der Waals surface area contributed by atoms with Crippen molar-refractivity contribution in [2.45, 2.75) is 6.18 Å². The van der Waals surface area contributed by atoms with Gasteiger partial charge in [-0.3, -0.25) is 4.79 Å². The van der Waals surface area contributed by atoms with Crippen LogP contribution in [0.4, 0.5) is 13.2 Å². The fourth-order valence-electron chi connectivity index (χ4n) is 0.975. The third kappa shape index (κ3) is 2.92. The average molecular weight is 229 g/mol. The second kappa shape index (κ2) is 4.14. The van der Waals surface area contributed by atoms with Crippen LogP contribution in [0.2, 0.25) is 0 Å². The molecule has 1 aromatic carbocycles. The van der Waals surface area contributed by atoms with E-state index in [-0.39, 0.29) is 5.56 Å². The van der Waals surface area contributed by atoms with Crippen LogP contribution in [0.25, 0.3) is 0 Å². The van der Waals surface area contributed by atoms with Crippen molar-refractivity contribution < 1.29 is 23.1 Å². The number of phenolic OH excluding ortho intramolecular Hbond substituents is 1. The van der Waals surface area contributed by atoms with Crippen LogP contribution in [-0.4, -0.2) is 11.0 Å². The molecule has 0 spiro atoms. The number of carbonyl (C=O) groups is 1. The molecule has 0 aliphatic carbocycles. The summed E-state index contributed by atoms with van der Waals surface area (Å²) in [6.45, 7) is 0. The number of hydrogen-bond acceptors (Lipinski definition) is 2. The number of phenols is 1. The van der Waals surface area contributed by atoms with E-state index in [9.17, 15) is 18.0 Å². The Morgan fingerprint density at radius 2 is 2.00 bits per heavy atom. The number of carbonyl (C=O) groups excluding carboxylic acids is 1. The molecule has 0 unspecified atom stereocenters. The quantitative estimate of drug-likeness (QED) is 0.657. The lowest BCUT2D eigenvalue weighted by atomic mass is 10.1. The van der Waals surface area contributed by atoms with Crippen LogP contribution in [0.3, 0.4) is 0 Å². The molecule has 1 rings (SSSR count). The van der Waals surface area contributed by atoms with Crippen molar-refractivity contribution in [2.24, 2.45) is 5.73 Å². The summed E-state index contributed by atoms with van der Waals surface area (Å²) in [6.07, 6.45) is -4.67. The molecule has 1 amide bonds. The van der Waals surface area contributed by atoms with Crippen molar-refractivity contribution in [3.8, 4) is 17.6 Å². The molecule has 0 saturated carbocycles. The molecule has 0 aliphatic rings. The van der Waals surface area contributed by atoms with Crippen molar-refractivity contribution in [3.05, 3.63) is 29.3 Å². The largest absolute Gasteiger partial charge is 0.507 e. The summed E-state index contributed by atoms with van der Waals surface area (Å²) in [4.78, 5) is 10.3. The molecule has 1 aromatic rings. The molecule has 0 heterocycles. The molecule has 0 aromatic heterocycles. The van der Waals surface area contributed by atoms with Gasteiger partial charge < -0.3 is 10.8 Å². The van der Waals surface area contributed by atoms with Gasteiger partial charge in [-0.1, -0.05) is 5.92 Å². The molecular weight excluding hydrogens is 223 g/mol. The van der Waals surface area contributed by atoms with E-state index in [1.54, 1.807) is 0 Å². The van der Waals surface area contributed by atoms with Crippen LogP contribution in [-0.2, 0) is 11.0 Å². The van der Waals surface area contributed by atoms with E-state index in [1.165, 1.54) is 0 Å². The van der Waals surface area contributed by atoms with Crippen molar-refractivity contribution in [2.75, 3.05) is 0 Å². The van der Waals surface area contributed by atoms with E-state index < -0.39 is 23.4 Å². The van der Waals surface area contributed by atoms with E-state index in [1.807, 2.05) is 5.92 Å². The van der Waals surface area contributed by atoms with Crippen LogP contribution in [0.5, 0.6) is 5.75 Å². The number of alkyl halides is 3. The van der Waals surface area contributed by atoms with Gasteiger partial charge in [-0.25, -0.2) is 0 Å². The van der Waals surface area contributed by atoms with Crippen LogP contribution in [0, 0.1) is 11.8 Å². The highest BCUT2D eigenvalue weighted by molar-refractivity contribution is 5.92. The van der Waals surface area contributed by atoms with Crippen LogP contribution in [0.15, 0.2) is 18.2 Å². The standard InChI is InChI=1S/C10H6F3NO2/c11-10(12,13)7-5-6(1-3-8(7)15)2-4-9(14)16/h1,3,5,15H,(H2,14,16). The van der Waals surface area contributed by atoms with Gasteiger partial charge in [0.2, 0.25) is 0 Å². The Morgan fingerprint density at radius 3 is 2.50 bits per heavy atom. The smallest absolute Gasteiger partial charge is 0.419 e. The molecule has 16 heavy (non-hydrogen) atoms. The first-order valence-electron chi connectivity index (χ1n) is 4.02. The predicted octanol–water partition coefficient (Wildman–Crippen LogP) is 1.25. The van der Waals surface area contributed by atoms with Gasteiger partial charge in [-0.15, -0.1) is 0 Å². The summed E-state index contributed by atoms with van der Waals surface area (Å²) < 4.78 is 37.0. The molecule has 0 atom stereocenters. The lowest BCUT2D eigenvalue weighted by Gasteiger charge is -2.08. The summed E-state index contributed by atoms with van der Waals surface area (Å²) >= 11 is 0. The Kier molecular flexibility index (Phi) is 3.09. The van der Waals surface area contributed by atoms with E-state index in [2.05, 4.69) is 5.92 Å². The monoisotopic (exact) mass is 229 g/mol. The van der Waals surface area contributed by atoms with Gasteiger partial charge >= 0.3 is 6.18 Å². The topological polar surface area (TPSA) is 63.3 Å². The number of halogens is 3. The number of rotatable bonds is 0. The first-order valence-corrected chi connectivity index (χ1v) is 4.02. The molecule has 6 heteroatoms. The molecule has 0 aliphatic heterocycles. The zero-order valence-electron chi connectivity index (χ0n) is 7.80. The Labute approximate surface area is 88.7 Å². The van der Waals surface area contributed by atoms with E-state index in [4.69, 9.17) is 10.8 Å². The Balaban J connectivity index is 3.20. The van der Waals surface area contributed by atoms with Crippen molar-refractivity contribution >= 4 is 5.91 Å². The number of nitrogens with two attached hydrogens (primary N) is 1. The highest BCUT2D eigenvalue weighted by atomic mass is 19.4. The predicted molar refractivity (Wildman–Crippen MR) is 49.2 cm³/mol. The second-order valence-electron chi connectivity index (χ2n) is 2.84. The van der Waals surface area contributed by atoms with Crippen molar-refractivity contribution in [1.82, 2.24) is 0 Å². The summed E-state index contributed by atoms with van der Waals surface area (Å²) in [5.41, 5.74) is 3.45. The van der Waals surface area contributed by atoms with Crippen LogP contribution >= 0.6 is 0 Å². The fraction of sp³-hybridized carbons (Fsp3) is 0.100. The normalized spacial score (nSPS) is 10.4. The molecular formula is C10H6F3NO2. The minimum Gasteiger partial charge on any atom is -0.507 e. The zero-order chi connectivity index (χ0) is 12.3. The lowest BCUT2D eigenvalue weighted by Crippen LogP contribution is -2.07. The summed E-state index contributed by atoms with van der Waals surface area (Å²) in [6, 6.07) is 2.65. The first kappa shape index (κ1) is 11.9. The third-order valence-corrected chi connectivity index (χ3v) is 1.63. The van der Waals surface area contributed by atoms with E-state index >= 15 is 0 Å². The second-order valence-corrected chi connectivity index (χ2v) is 2.84. The Morgan fingerprint density at radius 1 is 1.38 bits per heavy atom. The maximum Gasteiger partial charge on any atom is 0.419 e. The Hall–Kier alpha value is -2.16. The third-order valence-electron chi connectivity index (χ3n) is 1.63. The summed E-state index contributed by atoms with van der Waals surface area (Å²) in [5, 5.41) is 8.99. The lowest BCUT2D eigenvalue weighted by molar-refractivity contribution is -0.138. The van der Waals surface area contributed by atoms with E-state index in [0.717, 1.165) is 12.1 Å². The zero-order valence-corrected chi connectivity index (χ0v) is 7.80. The molecule has 0 saturated heterocycles. The van der Waals surface area contributed by atoms with Crippen molar-refractivity contribution in [3.63, 3.8) is 0 Å². The van der Waals surface area contributed by atoms with Gasteiger partial charge in [0.25, 0.3) is 5.91 Å². The van der Waals surface area contributed by atoms with Crippen LogP contribution < -0.4 is 5.73 Å². The fourth-order valence-corrected chi connectivity index (χ4v) is 0.975. The molecule has 3 nitrogen and oxygen atoms in total. The highest BCUT2D eigenvalue weighted by Gasteiger charge is 2.33. The molecule has 0 radical (unpaired) electrons. The minimum atomic E-state index is -4.67. The summed E-state index contributed by atoms with van der Waals surface area (Å²) in [7, 11) is 0. The molecule has 3 N–H and O–H groups in total. The highest BCUT2D eigenvalue weighted by Crippen LogP contribution is 2.35. The maximum atomic E-state index is 12.3. The van der Waals surface area contributed by atoms with Crippen LogP contribution in [0.1, 0.15) is 11.1 Å². The van der Waals surface area contributed by atoms with Gasteiger partial charge in [-0.05, 0) is 24.1 Å². The minimum absolute atomic E-state index is 0.0519. The van der Waals surface area contributed by atoms with Gasteiger partial charge in [0, 0.05) is 5.56 Å². The number of benzene rings is 1. The van der Waals surface area contributed by atoms with E-state index in [0.29, 0.717) is 6.07 Å². The first-order chi connectivity index (χ1) is 7.30. The SMILES string of the molecule is NC(=O)C#Cc1ccc(O)c(C(F)(F)F)c1. The van der Waals surface area contributed by atoms with Gasteiger partial charge in [-0.2, -0.15) is 13.2 Å². The van der Waals surface area contributed by atoms with Gasteiger partial charge in [0.15, 0.2) is 0 Å². The summed E-state index contributed by atoms with van der Waals surface area (Å²) in [5.74, 6) is 2.21. The molecule has 0 bridgehead atoms. The molecule has 84 valence electrons. The van der Waals surface area contributed by atoms with Gasteiger partial charge in [0.05, 0.1) is 5.56 Å². The van der Waals surface area contributed by atoms with Crippen molar-refractivity contribution in [1.29, 1.82) is 0 Å². The Bertz CT molecular complexity index is 483. The average Bonchev–Trinajstić information content (AvgIpc) is 2.14. The number of primary amides is 1. The van der Waals surface area contributed by atoms with Gasteiger partial charge in [0.1, 0.15) is 5.75 Å². The number of hydrogen-bond donors (Lipinski definition) is 2. The maximum absolute atomic E-state index is 12.3. The number of aromatic hydroxyl groups is 1. The molecule has 0 fully saturated rings. The number of amides is 1.